The summed E-state index contributed by atoms with van der Waals surface area (Å²) < 4.78 is 27.9. The van der Waals surface area contributed by atoms with E-state index in [1.807, 2.05) is 37.3 Å². The topological polar surface area (TPSA) is 37.4 Å². The van der Waals surface area contributed by atoms with E-state index in [1.54, 1.807) is 28.6 Å². The van der Waals surface area contributed by atoms with E-state index >= 15 is 0 Å². The maximum absolute atomic E-state index is 13.2. The molecule has 1 atom stereocenters. The number of hydrogen-bond acceptors (Lipinski definition) is 2. The Morgan fingerprint density at radius 3 is 2.30 bits per heavy atom. The van der Waals surface area contributed by atoms with Crippen molar-refractivity contribution in [3.8, 4) is 0 Å². The molecule has 1 saturated carbocycles. The molecule has 23 heavy (non-hydrogen) atoms. The fourth-order valence-electron chi connectivity index (χ4n) is 2.81. The minimum atomic E-state index is -3.63. The van der Waals surface area contributed by atoms with Gasteiger partial charge in [-0.15, -0.1) is 0 Å². The molecule has 5 heteroatoms. The van der Waals surface area contributed by atoms with Gasteiger partial charge in [0.1, 0.15) is 4.90 Å². The number of rotatable bonds is 6. The Morgan fingerprint density at radius 2 is 1.70 bits per heavy atom. The van der Waals surface area contributed by atoms with Crippen molar-refractivity contribution < 1.29 is 8.42 Å². The third-order valence-electron chi connectivity index (χ3n) is 4.36. The van der Waals surface area contributed by atoms with Crippen molar-refractivity contribution in [1.82, 2.24) is 4.31 Å². The monoisotopic (exact) mass is 349 g/mol. The van der Waals surface area contributed by atoms with Crippen molar-refractivity contribution in [2.24, 2.45) is 5.92 Å². The van der Waals surface area contributed by atoms with Gasteiger partial charge < -0.3 is 0 Å². The summed E-state index contributed by atoms with van der Waals surface area (Å²) in [6.45, 7) is 2.36. The molecule has 1 fully saturated rings. The van der Waals surface area contributed by atoms with Crippen molar-refractivity contribution in [1.29, 1.82) is 0 Å². The molecule has 0 aromatic heterocycles. The van der Waals surface area contributed by atoms with Crippen LogP contribution < -0.4 is 0 Å². The number of halogens is 1. The second-order valence-electron chi connectivity index (χ2n) is 6.04. The number of nitrogens with zero attached hydrogens (tertiary/aromatic N) is 1. The van der Waals surface area contributed by atoms with Crippen LogP contribution in [0.4, 0.5) is 0 Å². The highest BCUT2D eigenvalue weighted by Gasteiger charge is 2.38. The van der Waals surface area contributed by atoms with Gasteiger partial charge >= 0.3 is 0 Å². The number of hydrogen-bond donors (Lipinski definition) is 0. The first kappa shape index (κ1) is 16.5. The molecule has 0 N–H and O–H groups in total. The third-order valence-corrected chi connectivity index (χ3v) is 6.80. The van der Waals surface area contributed by atoms with E-state index in [0.717, 1.165) is 18.4 Å². The molecule has 0 spiro atoms. The molecule has 3 nitrogen and oxygen atoms in total. The SMILES string of the molecule is C[C@H](C1CC1)N(Cc1ccccc1)S(=O)(=O)c1ccccc1Cl. The molecule has 0 saturated heterocycles. The van der Waals surface area contributed by atoms with Crippen LogP contribution in [-0.2, 0) is 16.6 Å². The van der Waals surface area contributed by atoms with Gasteiger partial charge in [0.25, 0.3) is 0 Å². The van der Waals surface area contributed by atoms with E-state index in [1.165, 1.54) is 0 Å². The lowest BCUT2D eigenvalue weighted by atomic mass is 10.2. The van der Waals surface area contributed by atoms with Gasteiger partial charge in [0, 0.05) is 12.6 Å². The molecule has 0 bridgehead atoms. The summed E-state index contributed by atoms with van der Waals surface area (Å²) in [6, 6.07) is 16.3. The van der Waals surface area contributed by atoms with Gasteiger partial charge in [-0.25, -0.2) is 8.42 Å². The quantitative estimate of drug-likeness (QED) is 0.778. The summed E-state index contributed by atoms with van der Waals surface area (Å²) in [5.74, 6) is 0.441. The van der Waals surface area contributed by atoms with E-state index in [4.69, 9.17) is 11.6 Å². The van der Waals surface area contributed by atoms with Crippen molar-refractivity contribution in [3.63, 3.8) is 0 Å². The Labute approximate surface area is 142 Å². The van der Waals surface area contributed by atoms with Gasteiger partial charge in [-0.3, -0.25) is 0 Å². The van der Waals surface area contributed by atoms with Crippen molar-refractivity contribution in [2.75, 3.05) is 0 Å². The first-order chi connectivity index (χ1) is 11.0. The summed E-state index contributed by atoms with van der Waals surface area (Å²) in [5, 5.41) is 0.272. The maximum atomic E-state index is 13.2. The second-order valence-corrected chi connectivity index (χ2v) is 8.31. The zero-order chi connectivity index (χ0) is 16.4. The summed E-state index contributed by atoms with van der Waals surface area (Å²) in [6.07, 6.45) is 2.18. The van der Waals surface area contributed by atoms with Crippen LogP contribution in [0.1, 0.15) is 25.3 Å². The molecule has 122 valence electrons. The van der Waals surface area contributed by atoms with Gasteiger partial charge in [0.05, 0.1) is 5.02 Å². The van der Waals surface area contributed by atoms with Gasteiger partial charge in [-0.2, -0.15) is 4.31 Å². The van der Waals surface area contributed by atoms with Crippen LogP contribution >= 0.6 is 11.6 Å². The predicted molar refractivity (Wildman–Crippen MR) is 92.8 cm³/mol. The highest BCUT2D eigenvalue weighted by Crippen LogP contribution is 2.38. The normalized spacial score (nSPS) is 16.5. The van der Waals surface area contributed by atoms with Crippen LogP contribution in [0.3, 0.4) is 0 Å². The van der Waals surface area contributed by atoms with Crippen LogP contribution in [0.5, 0.6) is 0 Å². The molecule has 1 aliphatic carbocycles. The minimum Gasteiger partial charge on any atom is -0.207 e. The second kappa shape index (κ2) is 6.63. The molecule has 0 radical (unpaired) electrons. The molecule has 3 rings (SSSR count). The molecular formula is C18H20ClNO2S. The van der Waals surface area contributed by atoms with Crippen LogP contribution in [0, 0.1) is 5.92 Å². The van der Waals surface area contributed by atoms with E-state index in [0.29, 0.717) is 12.5 Å². The molecule has 2 aromatic rings. The van der Waals surface area contributed by atoms with Crippen molar-refractivity contribution in [2.45, 2.75) is 37.2 Å². The fourth-order valence-corrected chi connectivity index (χ4v) is 4.98. The van der Waals surface area contributed by atoms with E-state index in [-0.39, 0.29) is 16.0 Å². The molecule has 1 aliphatic rings. The van der Waals surface area contributed by atoms with Crippen molar-refractivity contribution in [3.05, 3.63) is 65.2 Å². The number of benzene rings is 2. The molecule has 0 amide bonds. The maximum Gasteiger partial charge on any atom is 0.245 e. The van der Waals surface area contributed by atoms with E-state index in [9.17, 15) is 8.42 Å². The minimum absolute atomic E-state index is 0.0310. The summed E-state index contributed by atoms with van der Waals surface area (Å²) in [7, 11) is -3.63. The third kappa shape index (κ3) is 3.60. The summed E-state index contributed by atoms with van der Waals surface area (Å²) in [5.41, 5.74) is 0.982. The number of sulfonamides is 1. The predicted octanol–water partition coefficient (Wildman–Crippen LogP) is 4.33. The standard InChI is InChI=1S/C18H20ClNO2S/c1-14(16-11-12-16)20(13-15-7-3-2-4-8-15)23(21,22)18-10-6-5-9-17(18)19/h2-10,14,16H,11-13H2,1H3/t14-/m1/s1. The lowest BCUT2D eigenvalue weighted by molar-refractivity contribution is 0.303. The summed E-state index contributed by atoms with van der Waals surface area (Å²) >= 11 is 6.15. The smallest absolute Gasteiger partial charge is 0.207 e. The van der Waals surface area contributed by atoms with Crippen LogP contribution in [0.25, 0.3) is 0 Å². The van der Waals surface area contributed by atoms with Crippen LogP contribution in [0.15, 0.2) is 59.5 Å². The largest absolute Gasteiger partial charge is 0.245 e. The Kier molecular flexibility index (Phi) is 4.76. The van der Waals surface area contributed by atoms with Gasteiger partial charge in [-0.05, 0) is 43.4 Å². The molecule has 0 unspecified atom stereocenters. The van der Waals surface area contributed by atoms with Crippen LogP contribution in [-0.4, -0.2) is 18.8 Å². The van der Waals surface area contributed by atoms with Crippen LogP contribution in [0.2, 0.25) is 5.02 Å². The summed E-state index contributed by atoms with van der Waals surface area (Å²) in [4.78, 5) is 0.185. The Balaban J connectivity index is 1.98. The van der Waals surface area contributed by atoms with Crippen molar-refractivity contribution >= 4 is 21.6 Å². The van der Waals surface area contributed by atoms with E-state index in [2.05, 4.69) is 0 Å². The average Bonchev–Trinajstić information content (AvgIpc) is 3.38. The molecule has 0 aliphatic heterocycles. The van der Waals surface area contributed by atoms with E-state index < -0.39 is 10.0 Å². The molecule has 2 aromatic carbocycles. The first-order valence-corrected chi connectivity index (χ1v) is 9.62. The van der Waals surface area contributed by atoms with Gasteiger partial charge in [-0.1, -0.05) is 54.1 Å². The Hall–Kier alpha value is -1.36. The first-order valence-electron chi connectivity index (χ1n) is 7.80. The Morgan fingerprint density at radius 1 is 1.09 bits per heavy atom. The van der Waals surface area contributed by atoms with Gasteiger partial charge in [0.15, 0.2) is 0 Å². The lowest BCUT2D eigenvalue weighted by Crippen LogP contribution is -2.39. The highest BCUT2D eigenvalue weighted by molar-refractivity contribution is 7.89. The zero-order valence-electron chi connectivity index (χ0n) is 13.0. The Bertz CT molecular complexity index is 773. The highest BCUT2D eigenvalue weighted by atomic mass is 35.5. The average molecular weight is 350 g/mol. The lowest BCUT2D eigenvalue weighted by Gasteiger charge is -2.29. The fraction of sp³-hybridized carbons (Fsp3) is 0.333. The molecule has 0 heterocycles. The zero-order valence-corrected chi connectivity index (χ0v) is 14.6. The molecular weight excluding hydrogens is 330 g/mol. The van der Waals surface area contributed by atoms with Gasteiger partial charge in [0.2, 0.25) is 10.0 Å².